The van der Waals surface area contributed by atoms with E-state index in [1.807, 2.05) is 18.2 Å². The minimum atomic E-state index is -0.580. The Hall–Kier alpha value is -2.18. The Kier molecular flexibility index (Phi) is 8.48. The molecule has 0 unspecified atom stereocenters. The number of hydrogen-bond donors (Lipinski definition) is 2. The predicted molar refractivity (Wildman–Crippen MR) is 111 cm³/mol. The van der Waals surface area contributed by atoms with Crippen LogP contribution in [0.5, 0.6) is 0 Å². The number of carbonyl (C=O) groups excluding carboxylic acids is 2. The number of hydrogen-bond acceptors (Lipinski definition) is 3. The Morgan fingerprint density at radius 1 is 1.07 bits per heavy atom. The van der Waals surface area contributed by atoms with Crippen molar-refractivity contribution in [1.29, 1.82) is 0 Å². The molecule has 0 saturated carbocycles. The van der Waals surface area contributed by atoms with E-state index in [0.29, 0.717) is 12.1 Å². The molecule has 0 spiro atoms. The summed E-state index contributed by atoms with van der Waals surface area (Å²) < 4.78 is 0.905. The highest BCUT2D eigenvalue weighted by Gasteiger charge is 2.16. The predicted octanol–water partition coefficient (Wildman–Crippen LogP) is 3.21. The first kappa shape index (κ1) is 21.1. The van der Waals surface area contributed by atoms with Crippen molar-refractivity contribution in [3.8, 4) is 0 Å². The fourth-order valence-electron chi connectivity index (χ4n) is 2.63. The lowest BCUT2D eigenvalue weighted by Crippen LogP contribution is -2.45. The van der Waals surface area contributed by atoms with Gasteiger partial charge in [0.1, 0.15) is 6.04 Å². The van der Waals surface area contributed by atoms with Crippen molar-refractivity contribution in [3.63, 3.8) is 0 Å². The number of benzene rings is 2. The monoisotopic (exact) mass is 431 g/mol. The summed E-state index contributed by atoms with van der Waals surface area (Å²) in [4.78, 5) is 26.5. The van der Waals surface area contributed by atoms with Gasteiger partial charge in [-0.25, -0.2) is 0 Å². The van der Waals surface area contributed by atoms with Gasteiger partial charge in [-0.15, -0.1) is 0 Å². The van der Waals surface area contributed by atoms with Crippen LogP contribution < -0.4 is 10.6 Å². The van der Waals surface area contributed by atoms with Crippen molar-refractivity contribution in [2.75, 3.05) is 20.1 Å². The van der Waals surface area contributed by atoms with Crippen LogP contribution in [-0.2, 0) is 11.3 Å². The SMILES string of the molecule is C[C@@H](NC(=O)c1ccc(Br)cc1)C(=O)NCCCN(C)Cc1ccccc1. The fourth-order valence-corrected chi connectivity index (χ4v) is 2.90. The van der Waals surface area contributed by atoms with E-state index in [0.717, 1.165) is 24.0 Å². The molecular weight excluding hydrogens is 406 g/mol. The van der Waals surface area contributed by atoms with E-state index >= 15 is 0 Å². The minimum absolute atomic E-state index is 0.175. The van der Waals surface area contributed by atoms with Crippen molar-refractivity contribution < 1.29 is 9.59 Å². The van der Waals surface area contributed by atoms with E-state index in [-0.39, 0.29) is 11.8 Å². The Bertz CT molecular complexity index is 735. The first-order chi connectivity index (χ1) is 13.0. The van der Waals surface area contributed by atoms with Gasteiger partial charge in [0.25, 0.3) is 5.91 Å². The van der Waals surface area contributed by atoms with Crippen LogP contribution in [0.15, 0.2) is 59.1 Å². The van der Waals surface area contributed by atoms with Gasteiger partial charge in [-0.05, 0) is 56.8 Å². The Morgan fingerprint density at radius 2 is 1.74 bits per heavy atom. The van der Waals surface area contributed by atoms with Crippen LogP contribution in [0.3, 0.4) is 0 Å². The summed E-state index contributed by atoms with van der Waals surface area (Å²) in [6.45, 7) is 4.04. The van der Waals surface area contributed by atoms with E-state index < -0.39 is 6.04 Å². The van der Waals surface area contributed by atoms with Crippen molar-refractivity contribution in [2.24, 2.45) is 0 Å². The molecule has 1 atom stereocenters. The molecule has 27 heavy (non-hydrogen) atoms. The average Bonchev–Trinajstić information content (AvgIpc) is 2.66. The number of carbonyl (C=O) groups is 2. The summed E-state index contributed by atoms with van der Waals surface area (Å²) in [5.41, 5.74) is 1.80. The zero-order chi connectivity index (χ0) is 19.6. The molecule has 0 radical (unpaired) electrons. The summed E-state index contributed by atoms with van der Waals surface area (Å²) in [7, 11) is 2.07. The Labute approximate surface area is 169 Å². The molecule has 0 bridgehead atoms. The number of halogens is 1. The van der Waals surface area contributed by atoms with Crippen molar-refractivity contribution in [2.45, 2.75) is 25.9 Å². The van der Waals surface area contributed by atoms with Gasteiger partial charge in [0.05, 0.1) is 0 Å². The maximum absolute atomic E-state index is 12.2. The molecule has 5 nitrogen and oxygen atoms in total. The molecule has 2 aromatic carbocycles. The maximum Gasteiger partial charge on any atom is 0.251 e. The van der Waals surface area contributed by atoms with Crippen LogP contribution in [0.2, 0.25) is 0 Å². The van der Waals surface area contributed by atoms with Crippen molar-refractivity contribution >= 4 is 27.7 Å². The van der Waals surface area contributed by atoms with Gasteiger partial charge in [-0.2, -0.15) is 0 Å². The van der Waals surface area contributed by atoms with Gasteiger partial charge in [0.2, 0.25) is 5.91 Å². The van der Waals surface area contributed by atoms with Crippen LogP contribution in [0.1, 0.15) is 29.3 Å². The summed E-state index contributed by atoms with van der Waals surface area (Å²) in [5, 5.41) is 5.60. The largest absolute Gasteiger partial charge is 0.354 e. The summed E-state index contributed by atoms with van der Waals surface area (Å²) in [5.74, 6) is -0.432. The van der Waals surface area contributed by atoms with Gasteiger partial charge in [0, 0.05) is 23.1 Å². The number of nitrogens with one attached hydrogen (secondary N) is 2. The summed E-state index contributed by atoms with van der Waals surface area (Å²) in [6, 6.07) is 16.7. The topological polar surface area (TPSA) is 61.4 Å². The molecule has 2 aromatic rings. The van der Waals surface area contributed by atoms with Gasteiger partial charge in [-0.1, -0.05) is 46.3 Å². The smallest absolute Gasteiger partial charge is 0.251 e. The minimum Gasteiger partial charge on any atom is -0.354 e. The van der Waals surface area contributed by atoms with E-state index in [1.54, 1.807) is 31.2 Å². The van der Waals surface area contributed by atoms with Crippen molar-refractivity contribution in [1.82, 2.24) is 15.5 Å². The second kappa shape index (κ2) is 10.8. The Balaban J connectivity index is 1.65. The maximum atomic E-state index is 12.2. The summed E-state index contributed by atoms with van der Waals surface area (Å²) in [6.07, 6.45) is 0.850. The normalized spacial score (nSPS) is 11.9. The first-order valence-corrected chi connectivity index (χ1v) is 9.81. The molecule has 6 heteroatoms. The van der Waals surface area contributed by atoms with Crippen LogP contribution in [0.25, 0.3) is 0 Å². The fraction of sp³-hybridized carbons (Fsp3) is 0.333. The van der Waals surface area contributed by atoms with Crippen LogP contribution in [0.4, 0.5) is 0 Å². The van der Waals surface area contributed by atoms with Crippen LogP contribution in [0, 0.1) is 0 Å². The highest BCUT2D eigenvalue weighted by Crippen LogP contribution is 2.10. The highest BCUT2D eigenvalue weighted by atomic mass is 79.9. The molecule has 2 rings (SSSR count). The third kappa shape index (κ3) is 7.53. The molecule has 0 aromatic heterocycles. The molecule has 144 valence electrons. The quantitative estimate of drug-likeness (QED) is 0.599. The average molecular weight is 432 g/mol. The van der Waals surface area contributed by atoms with E-state index in [1.165, 1.54) is 5.56 Å². The highest BCUT2D eigenvalue weighted by molar-refractivity contribution is 9.10. The molecule has 2 N–H and O–H groups in total. The molecule has 0 aliphatic rings. The lowest BCUT2D eigenvalue weighted by molar-refractivity contribution is -0.122. The molecule has 0 heterocycles. The second-order valence-corrected chi connectivity index (χ2v) is 7.49. The molecule has 0 fully saturated rings. The molecular formula is C21H26BrN3O2. The number of rotatable bonds is 9. The van der Waals surface area contributed by atoms with Gasteiger partial charge >= 0.3 is 0 Å². The molecule has 0 saturated heterocycles. The molecule has 0 aliphatic heterocycles. The van der Waals surface area contributed by atoms with Gasteiger partial charge < -0.3 is 15.5 Å². The van der Waals surface area contributed by atoms with Crippen LogP contribution >= 0.6 is 15.9 Å². The van der Waals surface area contributed by atoms with E-state index in [9.17, 15) is 9.59 Å². The first-order valence-electron chi connectivity index (χ1n) is 9.02. The zero-order valence-corrected chi connectivity index (χ0v) is 17.3. The van der Waals surface area contributed by atoms with E-state index in [4.69, 9.17) is 0 Å². The molecule has 2 amide bonds. The van der Waals surface area contributed by atoms with Gasteiger partial charge in [-0.3, -0.25) is 9.59 Å². The standard InChI is InChI=1S/C21H26BrN3O2/c1-16(24-21(27)18-9-11-19(22)12-10-18)20(26)23-13-6-14-25(2)15-17-7-4-3-5-8-17/h3-5,7-12,16H,6,13-15H2,1-2H3,(H,23,26)(H,24,27)/t16-/m1/s1. The lowest BCUT2D eigenvalue weighted by atomic mass is 10.2. The summed E-state index contributed by atoms with van der Waals surface area (Å²) >= 11 is 3.33. The second-order valence-electron chi connectivity index (χ2n) is 6.57. The number of amides is 2. The van der Waals surface area contributed by atoms with E-state index in [2.05, 4.69) is 50.6 Å². The number of nitrogens with zero attached hydrogens (tertiary/aromatic N) is 1. The van der Waals surface area contributed by atoms with Gasteiger partial charge in [0.15, 0.2) is 0 Å². The van der Waals surface area contributed by atoms with Crippen molar-refractivity contribution in [3.05, 3.63) is 70.2 Å². The third-order valence-corrected chi connectivity index (χ3v) is 4.69. The zero-order valence-electron chi connectivity index (χ0n) is 15.7. The Morgan fingerprint density at radius 3 is 2.41 bits per heavy atom. The third-order valence-electron chi connectivity index (χ3n) is 4.16. The lowest BCUT2D eigenvalue weighted by Gasteiger charge is -2.18. The van der Waals surface area contributed by atoms with Crippen LogP contribution in [-0.4, -0.2) is 42.9 Å². The molecule has 0 aliphatic carbocycles.